The molecule has 0 radical (unpaired) electrons. The molecule has 0 aromatic heterocycles. The third kappa shape index (κ3) is 3.39. The minimum absolute atomic E-state index is 0.123. The molecule has 0 spiro atoms. The van der Waals surface area contributed by atoms with E-state index in [0.717, 1.165) is 32.5 Å². The highest BCUT2D eigenvalue weighted by Gasteiger charge is 2.44. The van der Waals surface area contributed by atoms with E-state index in [9.17, 15) is 9.59 Å². The molecule has 23 heavy (non-hydrogen) atoms. The van der Waals surface area contributed by atoms with Crippen LogP contribution in [-0.2, 0) is 4.79 Å². The topological polar surface area (TPSA) is 52.7 Å². The first-order valence-electron chi connectivity index (χ1n) is 8.39. The number of nitrogens with one attached hydrogen (secondary N) is 1. The Kier molecular flexibility index (Phi) is 4.39. The molecule has 2 fully saturated rings. The van der Waals surface area contributed by atoms with Gasteiger partial charge in [-0.05, 0) is 51.3 Å². The van der Waals surface area contributed by atoms with E-state index in [2.05, 4.69) is 40.5 Å². The van der Waals surface area contributed by atoms with Gasteiger partial charge in [0.05, 0.1) is 0 Å². The van der Waals surface area contributed by atoms with Crippen LogP contribution in [0.1, 0.15) is 38.2 Å². The average Bonchev–Trinajstić information content (AvgIpc) is 2.75. The summed E-state index contributed by atoms with van der Waals surface area (Å²) in [5.74, 6) is 0.504. The first kappa shape index (κ1) is 16.0. The Hall–Kier alpha value is -1.88. The van der Waals surface area contributed by atoms with Crippen molar-refractivity contribution >= 4 is 11.9 Å². The smallest absolute Gasteiger partial charge is 0.324 e. The summed E-state index contributed by atoms with van der Waals surface area (Å²) in [5, 5.41) is 2.73. The predicted octanol–water partition coefficient (Wildman–Crippen LogP) is 2.20. The molecule has 0 bridgehead atoms. The van der Waals surface area contributed by atoms with E-state index >= 15 is 0 Å². The molecular weight excluding hydrogens is 290 g/mol. The van der Waals surface area contributed by atoms with Gasteiger partial charge in [-0.1, -0.05) is 30.3 Å². The second-order valence-corrected chi connectivity index (χ2v) is 7.04. The summed E-state index contributed by atoms with van der Waals surface area (Å²) >= 11 is 0. The molecule has 1 aromatic carbocycles. The van der Waals surface area contributed by atoms with Crippen LogP contribution in [0.15, 0.2) is 30.3 Å². The van der Waals surface area contributed by atoms with Gasteiger partial charge >= 0.3 is 6.03 Å². The van der Waals surface area contributed by atoms with Crippen LogP contribution in [0.4, 0.5) is 4.79 Å². The highest BCUT2D eigenvalue weighted by Crippen LogP contribution is 2.27. The lowest BCUT2D eigenvalue weighted by atomic mass is 9.89. The van der Waals surface area contributed by atoms with Crippen molar-refractivity contribution in [3.8, 4) is 0 Å². The summed E-state index contributed by atoms with van der Waals surface area (Å²) in [7, 11) is 0. The van der Waals surface area contributed by atoms with E-state index < -0.39 is 5.54 Å². The first-order valence-corrected chi connectivity index (χ1v) is 8.39. The number of hydrogen-bond donors (Lipinski definition) is 1. The number of rotatable bonds is 4. The van der Waals surface area contributed by atoms with Crippen molar-refractivity contribution in [2.24, 2.45) is 0 Å². The molecule has 0 aliphatic carbocycles. The van der Waals surface area contributed by atoms with Crippen LogP contribution < -0.4 is 5.32 Å². The van der Waals surface area contributed by atoms with Gasteiger partial charge in [0.2, 0.25) is 0 Å². The zero-order chi connectivity index (χ0) is 16.4. The fourth-order valence-corrected chi connectivity index (χ4v) is 3.48. The Morgan fingerprint density at radius 1 is 1.09 bits per heavy atom. The molecule has 0 saturated carbocycles. The second kappa shape index (κ2) is 6.32. The maximum Gasteiger partial charge on any atom is 0.325 e. The molecule has 1 aromatic rings. The zero-order valence-electron chi connectivity index (χ0n) is 13.9. The number of piperidine rings is 1. The van der Waals surface area contributed by atoms with Crippen LogP contribution in [0.25, 0.3) is 0 Å². The molecule has 5 nitrogen and oxygen atoms in total. The number of hydrogen-bond acceptors (Lipinski definition) is 3. The molecule has 124 valence electrons. The number of carbonyl (C=O) groups excluding carboxylic acids is 2. The second-order valence-electron chi connectivity index (χ2n) is 7.04. The van der Waals surface area contributed by atoms with Crippen LogP contribution in [0, 0.1) is 0 Å². The zero-order valence-corrected chi connectivity index (χ0v) is 13.9. The van der Waals surface area contributed by atoms with Gasteiger partial charge < -0.3 is 10.2 Å². The number of benzene rings is 1. The normalized spacial score (nSPS) is 22.4. The molecule has 3 amide bonds. The minimum atomic E-state index is -0.766. The largest absolute Gasteiger partial charge is 0.325 e. The van der Waals surface area contributed by atoms with Gasteiger partial charge in [-0.25, -0.2) is 4.79 Å². The summed E-state index contributed by atoms with van der Waals surface area (Å²) in [6, 6.07) is 10.4. The molecule has 0 atom stereocenters. The summed E-state index contributed by atoms with van der Waals surface area (Å²) in [4.78, 5) is 27.8. The fourth-order valence-electron chi connectivity index (χ4n) is 3.48. The van der Waals surface area contributed by atoms with Crippen molar-refractivity contribution in [2.45, 2.75) is 38.1 Å². The Morgan fingerprint density at radius 2 is 1.74 bits per heavy atom. The quantitative estimate of drug-likeness (QED) is 0.867. The van der Waals surface area contributed by atoms with Crippen LogP contribution in [0.2, 0.25) is 0 Å². The van der Waals surface area contributed by atoms with Crippen molar-refractivity contribution in [2.75, 3.05) is 26.2 Å². The van der Waals surface area contributed by atoms with Gasteiger partial charge in [0.25, 0.3) is 5.91 Å². The van der Waals surface area contributed by atoms with E-state index in [1.54, 1.807) is 13.8 Å². The predicted molar refractivity (Wildman–Crippen MR) is 89.2 cm³/mol. The fraction of sp³-hybridized carbons (Fsp3) is 0.556. The monoisotopic (exact) mass is 315 g/mol. The van der Waals surface area contributed by atoms with Crippen LogP contribution >= 0.6 is 0 Å². The Bertz CT molecular complexity index is 577. The molecule has 3 rings (SSSR count). The Balaban J connectivity index is 1.48. The molecule has 2 aliphatic heterocycles. The highest BCUT2D eigenvalue weighted by molar-refractivity contribution is 6.06. The summed E-state index contributed by atoms with van der Waals surface area (Å²) in [5.41, 5.74) is 0.653. The standard InChI is InChI=1S/C18H25N3O2/c1-18(2)16(22)21(17(23)19-18)13-12-20-10-8-15(9-11-20)14-6-4-3-5-7-14/h3-7,15H,8-13H2,1-2H3,(H,19,23). The first-order chi connectivity index (χ1) is 11.0. The molecule has 2 saturated heterocycles. The molecule has 5 heteroatoms. The number of amides is 3. The molecule has 1 N–H and O–H groups in total. The van der Waals surface area contributed by atoms with Gasteiger partial charge in [0, 0.05) is 13.1 Å². The maximum atomic E-state index is 12.2. The van der Waals surface area contributed by atoms with E-state index in [0.29, 0.717) is 12.5 Å². The Labute approximate surface area is 137 Å². The van der Waals surface area contributed by atoms with Gasteiger partial charge in [-0.2, -0.15) is 0 Å². The Morgan fingerprint density at radius 3 is 2.30 bits per heavy atom. The third-order valence-corrected chi connectivity index (χ3v) is 4.94. The summed E-state index contributed by atoms with van der Waals surface area (Å²) in [6.45, 7) is 6.78. The maximum absolute atomic E-state index is 12.2. The molecule has 2 aliphatic rings. The van der Waals surface area contributed by atoms with Crippen molar-refractivity contribution in [3.63, 3.8) is 0 Å². The van der Waals surface area contributed by atoms with Crippen LogP contribution in [0.3, 0.4) is 0 Å². The van der Waals surface area contributed by atoms with Gasteiger partial charge in [-0.15, -0.1) is 0 Å². The van der Waals surface area contributed by atoms with E-state index in [1.807, 2.05) is 0 Å². The van der Waals surface area contributed by atoms with Gasteiger partial charge in [0.15, 0.2) is 0 Å². The van der Waals surface area contributed by atoms with Crippen LogP contribution in [-0.4, -0.2) is 53.5 Å². The average molecular weight is 315 g/mol. The van der Waals surface area contributed by atoms with E-state index in [-0.39, 0.29) is 11.9 Å². The lowest BCUT2D eigenvalue weighted by molar-refractivity contribution is -0.130. The highest BCUT2D eigenvalue weighted by atomic mass is 16.2. The van der Waals surface area contributed by atoms with Crippen molar-refractivity contribution in [1.29, 1.82) is 0 Å². The van der Waals surface area contributed by atoms with Crippen molar-refractivity contribution in [3.05, 3.63) is 35.9 Å². The van der Waals surface area contributed by atoms with E-state index in [4.69, 9.17) is 0 Å². The van der Waals surface area contributed by atoms with Gasteiger partial charge in [-0.3, -0.25) is 9.69 Å². The SMILES string of the molecule is CC1(C)NC(=O)N(CCN2CCC(c3ccccc3)CC2)C1=O. The van der Waals surface area contributed by atoms with Crippen molar-refractivity contribution < 1.29 is 9.59 Å². The lowest BCUT2D eigenvalue weighted by Gasteiger charge is -2.32. The molecular formula is C18H25N3O2. The number of carbonyl (C=O) groups is 2. The molecule has 0 unspecified atom stereocenters. The number of likely N-dealkylation sites (tertiary alicyclic amines) is 1. The van der Waals surface area contributed by atoms with E-state index in [1.165, 1.54) is 10.5 Å². The number of nitrogens with zero attached hydrogens (tertiary/aromatic N) is 2. The van der Waals surface area contributed by atoms with Crippen molar-refractivity contribution in [1.82, 2.24) is 15.1 Å². The molecule has 2 heterocycles. The van der Waals surface area contributed by atoms with Crippen LogP contribution in [0.5, 0.6) is 0 Å². The lowest BCUT2D eigenvalue weighted by Crippen LogP contribution is -2.43. The summed E-state index contributed by atoms with van der Waals surface area (Å²) in [6.07, 6.45) is 2.27. The third-order valence-electron chi connectivity index (χ3n) is 4.94. The summed E-state index contributed by atoms with van der Waals surface area (Å²) < 4.78 is 0. The number of imide groups is 1. The van der Waals surface area contributed by atoms with Gasteiger partial charge in [0.1, 0.15) is 5.54 Å². The number of urea groups is 1. The minimum Gasteiger partial charge on any atom is -0.324 e.